The van der Waals surface area contributed by atoms with Crippen LogP contribution in [0.4, 0.5) is 0 Å². The number of benzene rings is 2. The molecule has 0 bridgehead atoms. The molecule has 1 aliphatic rings. The monoisotopic (exact) mass is 412 g/mol. The van der Waals surface area contributed by atoms with Crippen LogP contribution >= 0.6 is 11.8 Å². The van der Waals surface area contributed by atoms with Crippen molar-refractivity contribution in [1.82, 2.24) is 0 Å². The predicted octanol–water partition coefficient (Wildman–Crippen LogP) is 6.11. The van der Waals surface area contributed by atoms with Gasteiger partial charge in [-0.3, -0.25) is 0 Å². The summed E-state index contributed by atoms with van der Waals surface area (Å²) < 4.78 is 11.7. The highest BCUT2D eigenvalue weighted by atomic mass is 32.2. The molecule has 2 aromatic rings. The molecule has 29 heavy (non-hydrogen) atoms. The second-order valence-corrected chi connectivity index (χ2v) is 8.46. The molecule has 1 aliphatic heterocycles. The maximum Gasteiger partial charge on any atom is 0.349 e. The highest BCUT2D eigenvalue weighted by Gasteiger charge is 2.47. The number of cyclic esters (lactones) is 1. The Morgan fingerprint density at radius 2 is 1.76 bits per heavy atom. The van der Waals surface area contributed by atoms with E-state index in [0.717, 1.165) is 24.0 Å². The lowest BCUT2D eigenvalue weighted by Crippen LogP contribution is -2.42. The smallest absolute Gasteiger partial charge is 0.349 e. The zero-order valence-corrected chi connectivity index (χ0v) is 17.9. The summed E-state index contributed by atoms with van der Waals surface area (Å²) in [4.78, 5) is 13.3. The molecule has 0 radical (unpaired) electrons. The fraction of sp³-hybridized carbons (Fsp3) is 0.375. The Labute approximate surface area is 176 Å². The van der Waals surface area contributed by atoms with Gasteiger partial charge >= 0.3 is 5.97 Å². The van der Waals surface area contributed by atoms with Crippen LogP contribution in [0.5, 0.6) is 0 Å². The number of carbonyl (C=O) groups excluding carboxylic acids is 1. The van der Waals surface area contributed by atoms with Crippen molar-refractivity contribution in [1.29, 1.82) is 0 Å². The first-order chi connectivity index (χ1) is 14.0. The van der Waals surface area contributed by atoms with Crippen molar-refractivity contribution in [3.05, 3.63) is 82.5 Å². The molecule has 0 saturated carbocycles. The molecular formula is C24H28O4S. The number of hydrogen-bond donors (Lipinski definition) is 1. The fourth-order valence-electron chi connectivity index (χ4n) is 3.89. The third kappa shape index (κ3) is 4.51. The van der Waals surface area contributed by atoms with Gasteiger partial charge in [-0.1, -0.05) is 92.7 Å². The van der Waals surface area contributed by atoms with Gasteiger partial charge in [-0.05, 0) is 17.5 Å². The third-order valence-electron chi connectivity index (χ3n) is 5.44. The highest BCUT2D eigenvalue weighted by molar-refractivity contribution is 8.04. The number of rotatable bonds is 8. The highest BCUT2D eigenvalue weighted by Crippen LogP contribution is 2.48. The number of aliphatic hydroxyl groups excluding tert-OH is 1. The molecule has 2 aromatic carbocycles. The van der Waals surface area contributed by atoms with Crippen molar-refractivity contribution in [2.24, 2.45) is 5.92 Å². The lowest BCUT2D eigenvalue weighted by atomic mass is 9.76. The van der Waals surface area contributed by atoms with Crippen LogP contribution in [-0.2, 0) is 19.9 Å². The molecule has 0 aromatic heterocycles. The Bertz CT molecular complexity index is 850. The summed E-state index contributed by atoms with van der Waals surface area (Å²) in [5, 5.41) is 10.9. The maximum absolute atomic E-state index is 13.1. The Hall–Kier alpha value is -2.24. The van der Waals surface area contributed by atoms with Crippen molar-refractivity contribution in [3.8, 4) is 0 Å². The molecule has 3 rings (SSSR count). The van der Waals surface area contributed by atoms with Gasteiger partial charge in [0.2, 0.25) is 0 Å². The van der Waals surface area contributed by atoms with E-state index in [1.807, 2.05) is 60.7 Å². The Kier molecular flexibility index (Phi) is 7.04. The molecule has 1 N–H and O–H groups in total. The van der Waals surface area contributed by atoms with Crippen molar-refractivity contribution >= 4 is 17.7 Å². The molecule has 0 fully saturated rings. The Morgan fingerprint density at radius 3 is 2.31 bits per heavy atom. The lowest BCUT2D eigenvalue weighted by molar-refractivity contribution is -0.166. The fourth-order valence-corrected chi connectivity index (χ4v) is 4.84. The van der Waals surface area contributed by atoms with Crippen molar-refractivity contribution in [2.75, 3.05) is 7.11 Å². The molecule has 3 unspecified atom stereocenters. The molecule has 1 heterocycles. The Morgan fingerprint density at radius 1 is 1.14 bits per heavy atom. The van der Waals surface area contributed by atoms with Gasteiger partial charge in [0, 0.05) is 13.0 Å². The minimum atomic E-state index is -0.863. The van der Waals surface area contributed by atoms with Gasteiger partial charge in [-0.2, -0.15) is 0 Å². The number of ether oxygens (including phenoxy) is 2. The average Bonchev–Trinajstić information content (AvgIpc) is 2.74. The van der Waals surface area contributed by atoms with Crippen LogP contribution in [0.3, 0.4) is 0 Å². The molecule has 0 spiro atoms. The van der Waals surface area contributed by atoms with Gasteiger partial charge in [0.25, 0.3) is 0 Å². The van der Waals surface area contributed by atoms with E-state index >= 15 is 0 Å². The topological polar surface area (TPSA) is 55.8 Å². The molecular weight excluding hydrogens is 384 g/mol. The Balaban J connectivity index is 1.94. The van der Waals surface area contributed by atoms with Crippen LogP contribution in [0.1, 0.15) is 49.7 Å². The molecule has 154 valence electrons. The zero-order chi connectivity index (χ0) is 20.9. The first kappa shape index (κ1) is 21.5. The summed E-state index contributed by atoms with van der Waals surface area (Å²) in [6.07, 6.45) is 2.12. The van der Waals surface area contributed by atoms with E-state index < -0.39 is 17.0 Å². The third-order valence-corrected chi connectivity index (χ3v) is 6.76. The number of methoxy groups -OCH3 is 1. The summed E-state index contributed by atoms with van der Waals surface area (Å²) >= 11 is 1.19. The van der Waals surface area contributed by atoms with Gasteiger partial charge in [0.1, 0.15) is 21.7 Å². The number of thioether (sulfide) groups is 1. The minimum Gasteiger partial charge on any atom is -0.511 e. The standard InChI is InChI=1S/C24H28O4S/c1-4-11-17(2)24(19-14-9-6-10-15-19)16-20(25)21(22(26)28-24)29-23(27-3)18-12-7-5-8-13-18/h5-10,12-15,17,23,25H,4,11,16H2,1-3H3. The summed E-state index contributed by atoms with van der Waals surface area (Å²) in [7, 11) is 1.59. The quantitative estimate of drug-likeness (QED) is 0.418. The SMILES string of the molecule is CCCC(C)C1(c2ccccc2)CC(O)=C(SC(OC)c2ccccc2)C(=O)O1. The van der Waals surface area contributed by atoms with Gasteiger partial charge < -0.3 is 14.6 Å². The number of esters is 1. The second kappa shape index (κ2) is 9.51. The van der Waals surface area contributed by atoms with E-state index in [4.69, 9.17) is 9.47 Å². The van der Waals surface area contributed by atoms with Crippen LogP contribution in [0.25, 0.3) is 0 Å². The average molecular weight is 413 g/mol. The van der Waals surface area contributed by atoms with Crippen molar-refractivity contribution in [2.45, 2.75) is 44.1 Å². The molecule has 5 heteroatoms. The van der Waals surface area contributed by atoms with E-state index in [9.17, 15) is 9.90 Å². The van der Waals surface area contributed by atoms with Crippen molar-refractivity contribution in [3.63, 3.8) is 0 Å². The summed E-state index contributed by atoms with van der Waals surface area (Å²) in [5.74, 6) is -0.362. The summed E-state index contributed by atoms with van der Waals surface area (Å²) in [6.45, 7) is 4.19. The summed E-state index contributed by atoms with van der Waals surface area (Å²) in [5.41, 5.74) is 0.569. The van der Waals surface area contributed by atoms with E-state index in [0.29, 0.717) is 0 Å². The normalized spacial score (nSPS) is 21.6. The summed E-state index contributed by atoms with van der Waals surface area (Å²) in [6, 6.07) is 19.4. The van der Waals surface area contributed by atoms with E-state index in [1.54, 1.807) is 7.11 Å². The predicted molar refractivity (Wildman–Crippen MR) is 116 cm³/mol. The molecule has 0 aliphatic carbocycles. The van der Waals surface area contributed by atoms with E-state index in [2.05, 4.69) is 13.8 Å². The largest absolute Gasteiger partial charge is 0.511 e. The first-order valence-electron chi connectivity index (χ1n) is 9.97. The van der Waals surface area contributed by atoms with Gasteiger partial charge in [0.05, 0.1) is 6.42 Å². The molecule has 0 saturated heterocycles. The van der Waals surface area contributed by atoms with Crippen LogP contribution in [0.2, 0.25) is 0 Å². The van der Waals surface area contributed by atoms with Gasteiger partial charge in [-0.25, -0.2) is 4.79 Å². The van der Waals surface area contributed by atoms with Crippen LogP contribution in [0, 0.1) is 5.92 Å². The lowest BCUT2D eigenvalue weighted by Gasteiger charge is -2.42. The van der Waals surface area contributed by atoms with Crippen LogP contribution in [0.15, 0.2) is 71.3 Å². The van der Waals surface area contributed by atoms with E-state index in [1.165, 1.54) is 11.8 Å². The van der Waals surface area contributed by atoms with E-state index in [-0.39, 0.29) is 23.0 Å². The first-order valence-corrected chi connectivity index (χ1v) is 10.8. The van der Waals surface area contributed by atoms with Crippen molar-refractivity contribution < 1.29 is 19.4 Å². The number of hydrogen-bond acceptors (Lipinski definition) is 5. The second-order valence-electron chi connectivity index (χ2n) is 7.38. The van der Waals surface area contributed by atoms with Gasteiger partial charge in [0.15, 0.2) is 0 Å². The molecule has 3 atom stereocenters. The molecule has 4 nitrogen and oxygen atoms in total. The van der Waals surface area contributed by atoms with Gasteiger partial charge in [-0.15, -0.1) is 0 Å². The van der Waals surface area contributed by atoms with Crippen LogP contribution < -0.4 is 0 Å². The molecule has 0 amide bonds. The minimum absolute atomic E-state index is 0.0658. The van der Waals surface area contributed by atoms with Crippen LogP contribution in [-0.4, -0.2) is 18.2 Å². The zero-order valence-electron chi connectivity index (χ0n) is 17.1. The number of carbonyl (C=O) groups is 1. The number of aliphatic hydroxyl groups is 1. The maximum atomic E-state index is 13.1.